The molecule has 0 radical (unpaired) electrons. The molecular weight excluding hydrogens is 222 g/mol. The quantitative estimate of drug-likeness (QED) is 0.785. The predicted molar refractivity (Wildman–Crippen MR) is 77.6 cm³/mol. The van der Waals surface area contributed by atoms with Crippen LogP contribution >= 0.6 is 0 Å². The molecule has 2 fully saturated rings. The van der Waals surface area contributed by atoms with Crippen molar-refractivity contribution in [2.24, 2.45) is 17.6 Å². The van der Waals surface area contributed by atoms with E-state index in [0.29, 0.717) is 12.1 Å². The number of likely N-dealkylation sites (tertiary alicyclic amines) is 1. The van der Waals surface area contributed by atoms with Crippen LogP contribution in [0.25, 0.3) is 0 Å². The number of hydrogen-bond acceptors (Lipinski definition) is 3. The average molecular weight is 253 g/mol. The summed E-state index contributed by atoms with van der Waals surface area (Å²) >= 11 is 0. The van der Waals surface area contributed by atoms with Crippen LogP contribution in [0.5, 0.6) is 0 Å². The maximum absolute atomic E-state index is 5.89. The second-order valence-electron chi connectivity index (χ2n) is 6.54. The van der Waals surface area contributed by atoms with E-state index in [1.165, 1.54) is 51.7 Å². The Labute approximate surface area is 112 Å². The van der Waals surface area contributed by atoms with Crippen molar-refractivity contribution in [1.82, 2.24) is 10.2 Å². The van der Waals surface area contributed by atoms with Crippen molar-refractivity contribution >= 4 is 0 Å². The molecule has 0 bridgehead atoms. The fourth-order valence-electron chi connectivity index (χ4n) is 3.57. The van der Waals surface area contributed by atoms with Gasteiger partial charge in [0.2, 0.25) is 0 Å². The summed E-state index contributed by atoms with van der Waals surface area (Å²) in [5.74, 6) is 1.58. The summed E-state index contributed by atoms with van der Waals surface area (Å²) in [7, 11) is 0. The minimum atomic E-state index is 0.692. The van der Waals surface area contributed by atoms with Gasteiger partial charge in [-0.25, -0.2) is 0 Å². The van der Waals surface area contributed by atoms with Gasteiger partial charge in [0.1, 0.15) is 0 Å². The molecule has 0 aromatic rings. The van der Waals surface area contributed by atoms with Crippen molar-refractivity contribution in [3.63, 3.8) is 0 Å². The molecule has 3 unspecified atom stereocenters. The van der Waals surface area contributed by atoms with Crippen LogP contribution in [-0.4, -0.2) is 43.2 Å². The van der Waals surface area contributed by atoms with Crippen LogP contribution < -0.4 is 11.1 Å². The first-order valence-corrected chi connectivity index (χ1v) is 7.88. The number of nitrogens with one attached hydrogen (secondary N) is 1. The molecule has 3 heteroatoms. The first-order valence-electron chi connectivity index (χ1n) is 7.88. The Kier molecular flexibility index (Phi) is 5.46. The summed E-state index contributed by atoms with van der Waals surface area (Å²) < 4.78 is 0. The predicted octanol–water partition coefficient (Wildman–Crippen LogP) is 1.82. The third-order valence-corrected chi connectivity index (χ3v) is 4.93. The molecule has 2 aliphatic rings. The summed E-state index contributed by atoms with van der Waals surface area (Å²) in [5, 5.41) is 3.82. The van der Waals surface area contributed by atoms with Crippen molar-refractivity contribution in [3.8, 4) is 0 Å². The molecule has 1 aliphatic carbocycles. The largest absolute Gasteiger partial charge is 0.330 e. The van der Waals surface area contributed by atoms with E-state index < -0.39 is 0 Å². The zero-order chi connectivity index (χ0) is 13.0. The lowest BCUT2D eigenvalue weighted by Crippen LogP contribution is -2.44. The van der Waals surface area contributed by atoms with Crippen LogP contribution in [0.3, 0.4) is 0 Å². The molecule has 3 N–H and O–H groups in total. The van der Waals surface area contributed by atoms with Gasteiger partial charge in [0.05, 0.1) is 0 Å². The maximum atomic E-state index is 5.89. The van der Waals surface area contributed by atoms with Gasteiger partial charge in [-0.05, 0) is 64.6 Å². The van der Waals surface area contributed by atoms with E-state index in [2.05, 4.69) is 24.1 Å². The molecule has 0 aromatic carbocycles. The van der Waals surface area contributed by atoms with Crippen LogP contribution in [0.4, 0.5) is 0 Å². The standard InChI is InChI=1S/C15H31N3/c1-12(2)18-8-7-13(11-18)10-17-15-6-4-3-5-14(15)9-16/h12-15,17H,3-11,16H2,1-2H3. The fraction of sp³-hybridized carbons (Fsp3) is 1.00. The van der Waals surface area contributed by atoms with Gasteiger partial charge in [-0.1, -0.05) is 12.8 Å². The molecule has 3 nitrogen and oxygen atoms in total. The smallest absolute Gasteiger partial charge is 0.0107 e. The lowest BCUT2D eigenvalue weighted by molar-refractivity contribution is 0.242. The van der Waals surface area contributed by atoms with Crippen molar-refractivity contribution in [3.05, 3.63) is 0 Å². The summed E-state index contributed by atoms with van der Waals surface area (Å²) in [5.41, 5.74) is 5.89. The van der Waals surface area contributed by atoms with Gasteiger partial charge >= 0.3 is 0 Å². The Morgan fingerprint density at radius 3 is 2.67 bits per heavy atom. The monoisotopic (exact) mass is 253 g/mol. The van der Waals surface area contributed by atoms with E-state index in [-0.39, 0.29) is 0 Å². The lowest BCUT2D eigenvalue weighted by Gasteiger charge is -2.32. The van der Waals surface area contributed by atoms with Crippen LogP contribution in [-0.2, 0) is 0 Å². The van der Waals surface area contributed by atoms with Gasteiger partial charge in [0, 0.05) is 18.6 Å². The highest BCUT2D eigenvalue weighted by Crippen LogP contribution is 2.24. The molecule has 1 heterocycles. The Hall–Kier alpha value is -0.120. The highest BCUT2D eigenvalue weighted by Gasteiger charge is 2.27. The molecule has 2 rings (SSSR count). The first-order chi connectivity index (χ1) is 8.70. The van der Waals surface area contributed by atoms with E-state index in [0.717, 1.165) is 18.4 Å². The van der Waals surface area contributed by atoms with Gasteiger partial charge in [-0.15, -0.1) is 0 Å². The highest BCUT2D eigenvalue weighted by molar-refractivity contribution is 4.85. The number of nitrogens with zero attached hydrogens (tertiary/aromatic N) is 1. The van der Waals surface area contributed by atoms with E-state index in [1.54, 1.807) is 0 Å². The Morgan fingerprint density at radius 2 is 2.00 bits per heavy atom. The normalized spacial score (nSPS) is 34.3. The number of hydrogen-bond donors (Lipinski definition) is 2. The van der Waals surface area contributed by atoms with Crippen molar-refractivity contribution in [1.29, 1.82) is 0 Å². The Morgan fingerprint density at radius 1 is 1.22 bits per heavy atom. The van der Waals surface area contributed by atoms with Crippen LogP contribution in [0.1, 0.15) is 46.0 Å². The van der Waals surface area contributed by atoms with Gasteiger partial charge in [-0.3, -0.25) is 0 Å². The van der Waals surface area contributed by atoms with E-state index in [1.807, 2.05) is 0 Å². The van der Waals surface area contributed by atoms with Crippen molar-refractivity contribution in [2.75, 3.05) is 26.2 Å². The van der Waals surface area contributed by atoms with Crippen LogP contribution in [0, 0.1) is 11.8 Å². The molecular formula is C15H31N3. The lowest BCUT2D eigenvalue weighted by atomic mass is 9.84. The Bertz CT molecular complexity index is 242. The molecule has 1 saturated heterocycles. The third kappa shape index (κ3) is 3.69. The molecule has 3 atom stereocenters. The molecule has 0 amide bonds. The van der Waals surface area contributed by atoms with E-state index in [4.69, 9.17) is 5.73 Å². The van der Waals surface area contributed by atoms with Crippen LogP contribution in [0.2, 0.25) is 0 Å². The second kappa shape index (κ2) is 6.88. The minimum absolute atomic E-state index is 0.692. The highest BCUT2D eigenvalue weighted by atomic mass is 15.2. The van der Waals surface area contributed by atoms with Gasteiger partial charge in [-0.2, -0.15) is 0 Å². The zero-order valence-corrected chi connectivity index (χ0v) is 12.2. The molecule has 1 saturated carbocycles. The van der Waals surface area contributed by atoms with Gasteiger partial charge in [0.15, 0.2) is 0 Å². The maximum Gasteiger partial charge on any atom is 0.0107 e. The summed E-state index contributed by atoms with van der Waals surface area (Å²) in [6, 6.07) is 1.40. The van der Waals surface area contributed by atoms with Gasteiger partial charge in [0.25, 0.3) is 0 Å². The van der Waals surface area contributed by atoms with E-state index >= 15 is 0 Å². The SMILES string of the molecule is CC(C)N1CCC(CNC2CCCCC2CN)C1. The fourth-order valence-corrected chi connectivity index (χ4v) is 3.57. The minimum Gasteiger partial charge on any atom is -0.330 e. The molecule has 0 spiro atoms. The van der Waals surface area contributed by atoms with Crippen molar-refractivity contribution < 1.29 is 0 Å². The summed E-state index contributed by atoms with van der Waals surface area (Å²) in [4.78, 5) is 2.60. The topological polar surface area (TPSA) is 41.3 Å². The summed E-state index contributed by atoms with van der Waals surface area (Å²) in [6.45, 7) is 9.24. The molecule has 1 aliphatic heterocycles. The van der Waals surface area contributed by atoms with E-state index in [9.17, 15) is 0 Å². The molecule has 18 heavy (non-hydrogen) atoms. The molecule has 106 valence electrons. The summed E-state index contributed by atoms with van der Waals surface area (Å²) in [6.07, 6.45) is 6.80. The Balaban J connectivity index is 1.71. The van der Waals surface area contributed by atoms with Crippen molar-refractivity contribution in [2.45, 2.75) is 58.0 Å². The van der Waals surface area contributed by atoms with Crippen LogP contribution in [0.15, 0.2) is 0 Å². The second-order valence-corrected chi connectivity index (χ2v) is 6.54. The first kappa shape index (κ1) is 14.3. The zero-order valence-electron chi connectivity index (χ0n) is 12.2. The number of rotatable bonds is 5. The van der Waals surface area contributed by atoms with Gasteiger partial charge < -0.3 is 16.0 Å². The molecule has 0 aromatic heterocycles. The third-order valence-electron chi connectivity index (χ3n) is 4.93. The number of nitrogens with two attached hydrogens (primary N) is 1. The average Bonchev–Trinajstić information content (AvgIpc) is 2.85.